The van der Waals surface area contributed by atoms with Crippen LogP contribution in [0.15, 0.2) is 24.4 Å². The fourth-order valence-corrected chi connectivity index (χ4v) is 1.62. The molecule has 1 N–H and O–H groups in total. The van der Waals surface area contributed by atoms with Crippen molar-refractivity contribution in [1.29, 1.82) is 0 Å². The molecule has 2 rings (SSSR count). The Hall–Kier alpha value is -1.99. The van der Waals surface area contributed by atoms with Crippen LogP contribution in [0.5, 0.6) is 0 Å². The second-order valence-electron chi connectivity index (χ2n) is 3.66. The van der Waals surface area contributed by atoms with Crippen molar-refractivity contribution in [3.8, 4) is 5.69 Å². The number of aromatic nitrogens is 3. The molecule has 1 aromatic heterocycles. The molecule has 1 atom stereocenters. The van der Waals surface area contributed by atoms with Gasteiger partial charge in [-0.05, 0) is 19.1 Å². The van der Waals surface area contributed by atoms with Crippen LogP contribution in [0.2, 0.25) is 5.02 Å². The standard InChI is InChI=1S/C10H9ClN4O3/c1-6(16)9-5-14(13-12-9)7-2-3-10(15(17)18)8(11)4-7/h2-6,16H,1H3. The Bertz CT molecular complexity index is 597. The third-order valence-electron chi connectivity index (χ3n) is 2.33. The van der Waals surface area contributed by atoms with Crippen LogP contribution in [0.4, 0.5) is 5.69 Å². The van der Waals surface area contributed by atoms with E-state index in [9.17, 15) is 15.2 Å². The molecule has 2 aromatic rings. The molecule has 1 aromatic carbocycles. The summed E-state index contributed by atoms with van der Waals surface area (Å²) in [5.41, 5.74) is 0.769. The maximum atomic E-state index is 10.6. The van der Waals surface area contributed by atoms with Gasteiger partial charge in [-0.2, -0.15) is 0 Å². The van der Waals surface area contributed by atoms with Crippen LogP contribution < -0.4 is 0 Å². The third kappa shape index (κ3) is 2.31. The summed E-state index contributed by atoms with van der Waals surface area (Å²) in [5, 5.41) is 27.5. The van der Waals surface area contributed by atoms with Gasteiger partial charge in [-0.25, -0.2) is 4.68 Å². The number of aliphatic hydroxyl groups excluding tert-OH is 1. The van der Waals surface area contributed by atoms with Gasteiger partial charge in [0.15, 0.2) is 0 Å². The van der Waals surface area contributed by atoms with Crippen LogP contribution in [0, 0.1) is 10.1 Å². The van der Waals surface area contributed by atoms with E-state index < -0.39 is 11.0 Å². The Labute approximate surface area is 107 Å². The fraction of sp³-hybridized carbons (Fsp3) is 0.200. The molecule has 0 bridgehead atoms. The molecule has 1 unspecified atom stereocenters. The highest BCUT2D eigenvalue weighted by Gasteiger charge is 2.14. The van der Waals surface area contributed by atoms with E-state index in [0.29, 0.717) is 11.4 Å². The molecule has 0 aliphatic heterocycles. The summed E-state index contributed by atoms with van der Waals surface area (Å²) in [5.74, 6) is 0. The molecular formula is C10H9ClN4O3. The molecule has 0 radical (unpaired) electrons. The van der Waals surface area contributed by atoms with Crippen LogP contribution in [-0.4, -0.2) is 25.0 Å². The lowest BCUT2D eigenvalue weighted by atomic mass is 10.3. The summed E-state index contributed by atoms with van der Waals surface area (Å²) < 4.78 is 1.39. The van der Waals surface area contributed by atoms with Crippen LogP contribution in [0.3, 0.4) is 0 Å². The van der Waals surface area contributed by atoms with Crippen molar-refractivity contribution in [2.24, 2.45) is 0 Å². The second-order valence-corrected chi connectivity index (χ2v) is 4.06. The van der Waals surface area contributed by atoms with Gasteiger partial charge >= 0.3 is 0 Å². The number of aliphatic hydroxyl groups is 1. The first-order valence-electron chi connectivity index (χ1n) is 5.03. The molecule has 18 heavy (non-hydrogen) atoms. The lowest BCUT2D eigenvalue weighted by molar-refractivity contribution is -0.384. The van der Waals surface area contributed by atoms with Crippen molar-refractivity contribution in [3.05, 3.63) is 45.2 Å². The second kappa shape index (κ2) is 4.71. The van der Waals surface area contributed by atoms with Crippen molar-refractivity contribution < 1.29 is 10.0 Å². The third-order valence-corrected chi connectivity index (χ3v) is 2.63. The first kappa shape index (κ1) is 12.5. The van der Waals surface area contributed by atoms with Gasteiger partial charge in [-0.15, -0.1) is 5.10 Å². The van der Waals surface area contributed by atoms with Crippen molar-refractivity contribution in [1.82, 2.24) is 15.0 Å². The number of halogens is 1. The summed E-state index contributed by atoms with van der Waals surface area (Å²) in [6.07, 6.45) is 0.801. The summed E-state index contributed by atoms with van der Waals surface area (Å²) in [6.45, 7) is 1.57. The van der Waals surface area contributed by atoms with Gasteiger partial charge in [0.25, 0.3) is 5.69 Å². The molecule has 0 fully saturated rings. The number of hydrogen-bond donors (Lipinski definition) is 1. The normalized spacial score (nSPS) is 12.4. The summed E-state index contributed by atoms with van der Waals surface area (Å²) in [7, 11) is 0. The molecule has 0 saturated heterocycles. The van der Waals surface area contributed by atoms with Gasteiger partial charge < -0.3 is 5.11 Å². The Morgan fingerprint density at radius 1 is 1.56 bits per heavy atom. The zero-order valence-electron chi connectivity index (χ0n) is 9.32. The van der Waals surface area contributed by atoms with E-state index >= 15 is 0 Å². The van der Waals surface area contributed by atoms with E-state index in [4.69, 9.17) is 11.6 Å². The topological polar surface area (TPSA) is 94.1 Å². The number of nitrogens with zero attached hydrogens (tertiary/aromatic N) is 4. The molecule has 8 heteroatoms. The molecule has 0 aliphatic rings. The largest absolute Gasteiger partial charge is 0.387 e. The SMILES string of the molecule is CC(O)c1cn(-c2ccc([N+](=O)[O-])c(Cl)c2)nn1. The minimum absolute atomic E-state index is 0.0200. The Balaban J connectivity index is 2.39. The molecular weight excluding hydrogens is 260 g/mol. The Morgan fingerprint density at radius 3 is 2.78 bits per heavy atom. The first-order chi connectivity index (χ1) is 8.49. The number of benzene rings is 1. The quantitative estimate of drug-likeness (QED) is 0.677. The Kier molecular flexibility index (Phi) is 3.26. The predicted molar refractivity (Wildman–Crippen MR) is 63.7 cm³/mol. The zero-order chi connectivity index (χ0) is 13.3. The van der Waals surface area contributed by atoms with Gasteiger partial charge in [-0.1, -0.05) is 16.8 Å². The number of hydrogen-bond acceptors (Lipinski definition) is 5. The smallest absolute Gasteiger partial charge is 0.288 e. The van der Waals surface area contributed by atoms with Crippen molar-refractivity contribution in [3.63, 3.8) is 0 Å². The van der Waals surface area contributed by atoms with E-state index in [1.807, 2.05) is 0 Å². The number of rotatable bonds is 3. The minimum Gasteiger partial charge on any atom is -0.387 e. The van der Waals surface area contributed by atoms with Gasteiger partial charge in [0.05, 0.1) is 22.9 Å². The minimum atomic E-state index is -0.729. The van der Waals surface area contributed by atoms with E-state index in [0.717, 1.165) is 0 Å². The lowest BCUT2D eigenvalue weighted by Gasteiger charge is -2.01. The molecule has 0 amide bonds. The van der Waals surface area contributed by atoms with Crippen LogP contribution in [-0.2, 0) is 0 Å². The van der Waals surface area contributed by atoms with Gasteiger partial charge in [0.2, 0.25) is 0 Å². The van der Waals surface area contributed by atoms with Crippen LogP contribution >= 0.6 is 11.6 Å². The predicted octanol–water partition coefficient (Wildman–Crippen LogP) is 1.88. The van der Waals surface area contributed by atoms with E-state index in [1.54, 1.807) is 6.92 Å². The molecule has 1 heterocycles. The molecule has 94 valence electrons. The van der Waals surface area contributed by atoms with E-state index in [2.05, 4.69) is 10.3 Å². The highest BCUT2D eigenvalue weighted by molar-refractivity contribution is 6.32. The average Bonchev–Trinajstić information content (AvgIpc) is 2.77. The van der Waals surface area contributed by atoms with Crippen molar-refractivity contribution in [2.45, 2.75) is 13.0 Å². The summed E-state index contributed by atoms with van der Waals surface area (Å²) in [6, 6.07) is 4.21. The van der Waals surface area contributed by atoms with E-state index in [1.165, 1.54) is 29.1 Å². The highest BCUT2D eigenvalue weighted by atomic mass is 35.5. The van der Waals surface area contributed by atoms with Gasteiger partial charge in [0, 0.05) is 6.07 Å². The number of nitro groups is 1. The monoisotopic (exact) mass is 268 g/mol. The summed E-state index contributed by atoms with van der Waals surface area (Å²) >= 11 is 5.79. The zero-order valence-corrected chi connectivity index (χ0v) is 10.1. The molecule has 0 saturated carbocycles. The van der Waals surface area contributed by atoms with Crippen molar-refractivity contribution in [2.75, 3.05) is 0 Å². The summed E-state index contributed by atoms with van der Waals surface area (Å²) in [4.78, 5) is 10.1. The number of nitro benzene ring substituents is 1. The average molecular weight is 269 g/mol. The van der Waals surface area contributed by atoms with Gasteiger partial charge in [-0.3, -0.25) is 10.1 Å². The molecule has 0 aliphatic carbocycles. The van der Waals surface area contributed by atoms with Crippen molar-refractivity contribution >= 4 is 17.3 Å². The van der Waals surface area contributed by atoms with Crippen LogP contribution in [0.1, 0.15) is 18.7 Å². The maximum absolute atomic E-state index is 10.6. The molecule has 7 nitrogen and oxygen atoms in total. The lowest BCUT2D eigenvalue weighted by Crippen LogP contribution is -1.96. The maximum Gasteiger partial charge on any atom is 0.288 e. The molecule has 0 spiro atoms. The Morgan fingerprint density at radius 2 is 2.28 bits per heavy atom. The fourth-order valence-electron chi connectivity index (χ4n) is 1.38. The van der Waals surface area contributed by atoms with Gasteiger partial charge in [0.1, 0.15) is 10.7 Å². The van der Waals surface area contributed by atoms with Crippen LogP contribution in [0.25, 0.3) is 5.69 Å². The highest BCUT2D eigenvalue weighted by Crippen LogP contribution is 2.26. The van der Waals surface area contributed by atoms with E-state index in [-0.39, 0.29) is 10.7 Å². The first-order valence-corrected chi connectivity index (χ1v) is 5.41.